The van der Waals surface area contributed by atoms with E-state index >= 15 is 0 Å². The fourth-order valence-corrected chi connectivity index (χ4v) is 3.13. The van der Waals surface area contributed by atoms with Crippen LogP contribution >= 0.6 is 0 Å². The Bertz CT molecular complexity index is 741. The lowest BCUT2D eigenvalue weighted by atomic mass is 9.98. The van der Waals surface area contributed by atoms with Crippen LogP contribution in [-0.4, -0.2) is 13.1 Å². The van der Waals surface area contributed by atoms with Crippen LogP contribution in [0.25, 0.3) is 0 Å². The zero-order valence-electron chi connectivity index (χ0n) is 16.5. The highest BCUT2D eigenvalue weighted by Crippen LogP contribution is 2.20. The van der Waals surface area contributed by atoms with E-state index in [0.29, 0.717) is 0 Å². The van der Waals surface area contributed by atoms with Crippen molar-refractivity contribution in [2.75, 3.05) is 18.0 Å². The molecule has 2 rings (SSSR count). The van der Waals surface area contributed by atoms with Crippen molar-refractivity contribution in [3.05, 3.63) is 65.2 Å². The Kier molecular flexibility index (Phi) is 8.40. The first-order valence-corrected chi connectivity index (χ1v) is 9.93. The molecule has 0 radical (unpaired) electrons. The Morgan fingerprint density at radius 2 is 1.26 bits per heavy atom. The first kappa shape index (κ1) is 20.5. The van der Waals surface area contributed by atoms with Gasteiger partial charge in [-0.05, 0) is 48.1 Å². The van der Waals surface area contributed by atoms with Crippen LogP contribution in [-0.2, 0) is 6.42 Å². The highest BCUT2D eigenvalue weighted by atomic mass is 15.1. The zero-order valence-corrected chi connectivity index (χ0v) is 16.5. The van der Waals surface area contributed by atoms with Crippen LogP contribution < -0.4 is 4.90 Å². The highest BCUT2D eigenvalue weighted by molar-refractivity contribution is 5.48. The quantitative estimate of drug-likeness (QED) is 0.537. The Balaban J connectivity index is 2.04. The lowest BCUT2D eigenvalue weighted by Crippen LogP contribution is -2.25. The average Bonchev–Trinajstić information content (AvgIpc) is 2.71. The topological polar surface area (TPSA) is 50.8 Å². The van der Waals surface area contributed by atoms with Crippen molar-refractivity contribution in [1.29, 1.82) is 10.5 Å². The Morgan fingerprint density at radius 1 is 0.778 bits per heavy atom. The molecule has 0 aromatic heterocycles. The van der Waals surface area contributed by atoms with Gasteiger partial charge >= 0.3 is 0 Å². The van der Waals surface area contributed by atoms with Crippen molar-refractivity contribution < 1.29 is 0 Å². The van der Waals surface area contributed by atoms with Gasteiger partial charge in [-0.2, -0.15) is 10.5 Å². The van der Waals surface area contributed by atoms with E-state index < -0.39 is 5.92 Å². The normalized spacial score (nSPS) is 10.4. The van der Waals surface area contributed by atoms with Crippen LogP contribution in [0.5, 0.6) is 0 Å². The Hall–Kier alpha value is -2.78. The van der Waals surface area contributed by atoms with Crippen molar-refractivity contribution in [2.24, 2.45) is 0 Å². The van der Waals surface area contributed by atoms with E-state index in [2.05, 4.69) is 43.0 Å². The molecule has 0 unspecified atom stereocenters. The third-order valence-corrected chi connectivity index (χ3v) is 4.84. The van der Waals surface area contributed by atoms with Crippen LogP contribution in [0, 0.1) is 22.7 Å². The van der Waals surface area contributed by atoms with Gasteiger partial charge in [-0.3, -0.25) is 0 Å². The summed E-state index contributed by atoms with van der Waals surface area (Å²) in [7, 11) is 0. The molecule has 0 fully saturated rings. The largest absolute Gasteiger partial charge is 0.372 e. The molecule has 3 nitrogen and oxygen atoms in total. The van der Waals surface area contributed by atoms with Gasteiger partial charge in [0.15, 0.2) is 5.92 Å². The second-order valence-corrected chi connectivity index (χ2v) is 6.97. The van der Waals surface area contributed by atoms with Crippen LogP contribution in [0.2, 0.25) is 0 Å². The van der Waals surface area contributed by atoms with Crippen molar-refractivity contribution in [3.8, 4) is 12.1 Å². The lowest BCUT2D eigenvalue weighted by Gasteiger charge is -2.25. The Labute approximate surface area is 163 Å². The summed E-state index contributed by atoms with van der Waals surface area (Å²) in [4.78, 5) is 2.50. The van der Waals surface area contributed by atoms with E-state index in [1.807, 2.05) is 36.4 Å². The molecule has 0 heterocycles. The summed E-state index contributed by atoms with van der Waals surface area (Å²) in [5, 5.41) is 18.0. The summed E-state index contributed by atoms with van der Waals surface area (Å²) in [5.74, 6) is -0.685. The van der Waals surface area contributed by atoms with Crippen LogP contribution in [0.1, 0.15) is 62.1 Å². The average molecular weight is 360 g/mol. The molecule has 0 aliphatic carbocycles. The molecule has 3 heteroatoms. The summed E-state index contributed by atoms with van der Waals surface area (Å²) in [6.07, 6.45) is 5.74. The van der Waals surface area contributed by atoms with Gasteiger partial charge in [0.2, 0.25) is 0 Å². The minimum absolute atomic E-state index is 0.685. The van der Waals surface area contributed by atoms with E-state index in [9.17, 15) is 0 Å². The molecule has 0 bridgehead atoms. The molecule has 0 amide bonds. The van der Waals surface area contributed by atoms with Gasteiger partial charge in [-0.25, -0.2) is 0 Å². The molecule has 0 N–H and O–H groups in total. The van der Waals surface area contributed by atoms with E-state index in [1.165, 1.54) is 42.5 Å². The maximum atomic E-state index is 8.99. The lowest BCUT2D eigenvalue weighted by molar-refractivity contribution is 0.678. The van der Waals surface area contributed by atoms with Gasteiger partial charge in [0, 0.05) is 18.8 Å². The minimum Gasteiger partial charge on any atom is -0.372 e. The van der Waals surface area contributed by atoms with E-state index in [4.69, 9.17) is 10.5 Å². The molecule has 2 aromatic rings. The van der Waals surface area contributed by atoms with Gasteiger partial charge in [-0.1, -0.05) is 63.1 Å². The van der Waals surface area contributed by atoms with Gasteiger partial charge in [0.05, 0.1) is 12.1 Å². The third-order valence-electron chi connectivity index (χ3n) is 4.84. The molecular formula is C24H29N3. The number of nitriles is 2. The molecule has 0 saturated heterocycles. The maximum absolute atomic E-state index is 8.99. The summed E-state index contributed by atoms with van der Waals surface area (Å²) >= 11 is 0. The Morgan fingerprint density at radius 3 is 1.70 bits per heavy atom. The van der Waals surface area contributed by atoms with Crippen LogP contribution in [0.3, 0.4) is 0 Å². The monoisotopic (exact) mass is 359 g/mol. The molecule has 0 aliphatic rings. The fourth-order valence-electron chi connectivity index (χ4n) is 3.13. The number of unbranched alkanes of at least 4 members (excludes halogenated alkanes) is 2. The SMILES string of the molecule is CCCCN(CCCC)c1ccc(Cc2ccc(C(C#N)C#N)cc2)cc1. The molecule has 0 atom stereocenters. The fraction of sp³-hybridized carbons (Fsp3) is 0.417. The first-order valence-electron chi connectivity index (χ1n) is 9.93. The maximum Gasteiger partial charge on any atom is 0.158 e. The summed E-state index contributed by atoms with van der Waals surface area (Å²) in [6.45, 7) is 6.72. The summed E-state index contributed by atoms with van der Waals surface area (Å²) < 4.78 is 0. The summed E-state index contributed by atoms with van der Waals surface area (Å²) in [5.41, 5.74) is 4.54. The third kappa shape index (κ3) is 6.15. The number of anilines is 1. The van der Waals surface area contributed by atoms with Gasteiger partial charge in [0.1, 0.15) is 0 Å². The predicted octanol–water partition coefficient (Wildman–Crippen LogP) is 5.81. The van der Waals surface area contributed by atoms with Gasteiger partial charge in [-0.15, -0.1) is 0 Å². The van der Waals surface area contributed by atoms with Crippen LogP contribution in [0.4, 0.5) is 5.69 Å². The van der Waals surface area contributed by atoms with Crippen molar-refractivity contribution in [1.82, 2.24) is 0 Å². The van der Waals surface area contributed by atoms with E-state index in [1.54, 1.807) is 0 Å². The molecule has 140 valence electrons. The number of hydrogen-bond donors (Lipinski definition) is 0. The molecular weight excluding hydrogens is 330 g/mol. The smallest absolute Gasteiger partial charge is 0.158 e. The number of hydrogen-bond acceptors (Lipinski definition) is 3. The zero-order chi connectivity index (χ0) is 19.5. The number of rotatable bonds is 10. The number of nitrogens with zero attached hydrogens (tertiary/aromatic N) is 3. The minimum atomic E-state index is -0.685. The van der Waals surface area contributed by atoms with Gasteiger partial charge in [0.25, 0.3) is 0 Å². The molecule has 27 heavy (non-hydrogen) atoms. The molecule has 0 saturated carbocycles. The first-order chi connectivity index (χ1) is 13.2. The van der Waals surface area contributed by atoms with Crippen molar-refractivity contribution in [3.63, 3.8) is 0 Å². The van der Waals surface area contributed by atoms with Crippen molar-refractivity contribution >= 4 is 5.69 Å². The highest BCUT2D eigenvalue weighted by Gasteiger charge is 2.09. The summed E-state index contributed by atoms with van der Waals surface area (Å²) in [6, 6.07) is 20.7. The molecule has 0 spiro atoms. The second-order valence-electron chi connectivity index (χ2n) is 6.97. The molecule has 0 aliphatic heterocycles. The number of benzene rings is 2. The van der Waals surface area contributed by atoms with Crippen LogP contribution in [0.15, 0.2) is 48.5 Å². The standard InChI is InChI=1S/C24H29N3/c1-3-5-15-27(16-6-4-2)24-13-9-21(10-14-24)17-20-7-11-22(12-8-20)23(18-25)19-26/h7-14,23H,3-6,15-17H2,1-2H3. The van der Waals surface area contributed by atoms with E-state index in [0.717, 1.165) is 25.1 Å². The molecule has 2 aromatic carbocycles. The van der Waals surface area contributed by atoms with E-state index in [-0.39, 0.29) is 0 Å². The predicted molar refractivity (Wildman–Crippen MR) is 112 cm³/mol. The van der Waals surface area contributed by atoms with Crippen molar-refractivity contribution in [2.45, 2.75) is 51.9 Å². The second kappa shape index (κ2) is 11.0. The van der Waals surface area contributed by atoms with Gasteiger partial charge < -0.3 is 4.90 Å².